The minimum Gasteiger partial charge on any atom is -0.316 e. The predicted molar refractivity (Wildman–Crippen MR) is 104 cm³/mol. The molecule has 7 heteroatoms. The van der Waals surface area contributed by atoms with E-state index in [0.29, 0.717) is 18.0 Å². The summed E-state index contributed by atoms with van der Waals surface area (Å²) in [6.45, 7) is 2.30. The normalized spacial score (nSPS) is 16.8. The van der Waals surface area contributed by atoms with Crippen LogP contribution in [0.25, 0.3) is 0 Å². The second kappa shape index (κ2) is 9.28. The van der Waals surface area contributed by atoms with Gasteiger partial charge in [0.05, 0.1) is 4.90 Å². The van der Waals surface area contributed by atoms with Crippen molar-refractivity contribution in [2.75, 3.05) is 19.6 Å². The molecule has 1 saturated heterocycles. The Bertz CT molecular complexity index is 835. The van der Waals surface area contributed by atoms with E-state index in [-0.39, 0.29) is 28.6 Å². The van der Waals surface area contributed by atoms with E-state index in [4.69, 9.17) is 0 Å². The zero-order chi connectivity index (χ0) is 17.7. The van der Waals surface area contributed by atoms with Crippen LogP contribution >= 0.6 is 12.4 Å². The molecule has 3 rings (SSSR count). The molecule has 1 unspecified atom stereocenters. The Morgan fingerprint density at radius 1 is 1.08 bits per heavy atom. The molecular weight excluding hydrogens is 372 g/mol. The average molecular weight is 395 g/mol. The SMILES string of the molecule is Cl.O=C(c1ccccc1)c1ccccc1S(=O)(=O)NCCC1CCNC1. The summed E-state index contributed by atoms with van der Waals surface area (Å²) < 4.78 is 28.0. The number of hydrogen-bond acceptors (Lipinski definition) is 4. The van der Waals surface area contributed by atoms with Gasteiger partial charge in [-0.05, 0) is 44.0 Å². The number of nitrogens with one attached hydrogen (secondary N) is 2. The van der Waals surface area contributed by atoms with Crippen molar-refractivity contribution in [2.24, 2.45) is 5.92 Å². The van der Waals surface area contributed by atoms with Gasteiger partial charge in [-0.2, -0.15) is 0 Å². The molecule has 0 aliphatic carbocycles. The number of carbonyl (C=O) groups is 1. The molecule has 2 aromatic carbocycles. The van der Waals surface area contributed by atoms with E-state index < -0.39 is 10.0 Å². The number of benzene rings is 2. The summed E-state index contributed by atoms with van der Waals surface area (Å²) in [7, 11) is -3.73. The fourth-order valence-corrected chi connectivity index (χ4v) is 4.32. The van der Waals surface area contributed by atoms with E-state index in [1.165, 1.54) is 6.07 Å². The molecule has 2 aromatic rings. The fourth-order valence-electron chi connectivity index (χ4n) is 3.07. The molecule has 2 N–H and O–H groups in total. The molecule has 1 aliphatic rings. The first kappa shape index (κ1) is 20.6. The number of sulfonamides is 1. The zero-order valence-electron chi connectivity index (χ0n) is 14.4. The molecule has 1 fully saturated rings. The van der Waals surface area contributed by atoms with Crippen molar-refractivity contribution in [3.63, 3.8) is 0 Å². The number of hydrogen-bond donors (Lipinski definition) is 2. The highest BCUT2D eigenvalue weighted by Crippen LogP contribution is 2.20. The van der Waals surface area contributed by atoms with Gasteiger partial charge in [0, 0.05) is 17.7 Å². The summed E-state index contributed by atoms with van der Waals surface area (Å²) in [6.07, 6.45) is 1.87. The molecule has 1 heterocycles. The highest BCUT2D eigenvalue weighted by Gasteiger charge is 2.23. The molecule has 1 aliphatic heterocycles. The van der Waals surface area contributed by atoms with Crippen molar-refractivity contribution in [1.29, 1.82) is 0 Å². The Morgan fingerprint density at radius 3 is 2.46 bits per heavy atom. The van der Waals surface area contributed by atoms with E-state index >= 15 is 0 Å². The first-order valence-electron chi connectivity index (χ1n) is 8.47. The Hall–Kier alpha value is -1.73. The van der Waals surface area contributed by atoms with Crippen LogP contribution in [0.5, 0.6) is 0 Å². The number of halogens is 1. The van der Waals surface area contributed by atoms with Crippen molar-refractivity contribution >= 4 is 28.2 Å². The molecule has 0 aromatic heterocycles. The predicted octanol–water partition coefficient (Wildman–Crippen LogP) is 2.62. The first-order valence-corrected chi connectivity index (χ1v) is 9.95. The highest BCUT2D eigenvalue weighted by atomic mass is 35.5. The molecule has 0 amide bonds. The van der Waals surface area contributed by atoms with Gasteiger partial charge in [0.15, 0.2) is 5.78 Å². The Morgan fingerprint density at radius 2 is 1.77 bits per heavy atom. The lowest BCUT2D eigenvalue weighted by Gasteiger charge is -2.12. The van der Waals surface area contributed by atoms with Gasteiger partial charge in [0.2, 0.25) is 10.0 Å². The fraction of sp³-hybridized carbons (Fsp3) is 0.316. The van der Waals surface area contributed by atoms with Crippen molar-refractivity contribution in [3.05, 3.63) is 65.7 Å². The first-order chi connectivity index (χ1) is 12.1. The summed E-state index contributed by atoms with van der Waals surface area (Å²) in [5, 5.41) is 3.27. The van der Waals surface area contributed by atoms with Crippen LogP contribution in [0.3, 0.4) is 0 Å². The number of rotatable bonds is 7. The number of carbonyl (C=O) groups excluding carboxylic acids is 1. The van der Waals surface area contributed by atoms with Gasteiger partial charge in [-0.1, -0.05) is 42.5 Å². The minimum atomic E-state index is -3.73. The van der Waals surface area contributed by atoms with Gasteiger partial charge in [-0.3, -0.25) is 4.79 Å². The van der Waals surface area contributed by atoms with Crippen LogP contribution in [-0.2, 0) is 10.0 Å². The van der Waals surface area contributed by atoms with Gasteiger partial charge in [-0.15, -0.1) is 12.4 Å². The molecule has 0 spiro atoms. The second-order valence-corrected chi connectivity index (χ2v) is 7.97. The summed E-state index contributed by atoms with van der Waals surface area (Å²) in [6, 6.07) is 15.1. The Labute approximate surface area is 160 Å². The lowest BCUT2D eigenvalue weighted by molar-refractivity contribution is 0.103. The molecule has 5 nitrogen and oxygen atoms in total. The summed E-state index contributed by atoms with van der Waals surface area (Å²) in [4.78, 5) is 12.7. The maximum atomic E-state index is 12.7. The minimum absolute atomic E-state index is 0. The molecule has 0 radical (unpaired) electrons. The van der Waals surface area contributed by atoms with Crippen LogP contribution in [0.4, 0.5) is 0 Å². The van der Waals surface area contributed by atoms with Crippen LogP contribution in [0, 0.1) is 5.92 Å². The van der Waals surface area contributed by atoms with Crippen molar-refractivity contribution < 1.29 is 13.2 Å². The standard InChI is InChI=1S/C19H22N2O3S.ClH/c22-19(16-6-2-1-3-7-16)17-8-4-5-9-18(17)25(23,24)21-13-11-15-10-12-20-14-15;/h1-9,15,20-21H,10-14H2;1H. The van der Waals surface area contributed by atoms with Gasteiger partial charge >= 0.3 is 0 Å². The van der Waals surface area contributed by atoms with E-state index in [1.807, 2.05) is 6.07 Å². The summed E-state index contributed by atoms with van der Waals surface area (Å²) in [5.41, 5.74) is 0.672. The van der Waals surface area contributed by atoms with E-state index in [9.17, 15) is 13.2 Å². The van der Waals surface area contributed by atoms with Gasteiger partial charge in [0.1, 0.15) is 0 Å². The smallest absolute Gasteiger partial charge is 0.241 e. The second-order valence-electron chi connectivity index (χ2n) is 6.24. The van der Waals surface area contributed by atoms with Gasteiger partial charge < -0.3 is 5.32 Å². The third-order valence-corrected chi connectivity index (χ3v) is 5.98. The topological polar surface area (TPSA) is 75.3 Å². The van der Waals surface area contributed by atoms with Crippen LogP contribution in [0.2, 0.25) is 0 Å². The van der Waals surface area contributed by atoms with E-state index in [2.05, 4.69) is 10.0 Å². The van der Waals surface area contributed by atoms with Crippen molar-refractivity contribution in [2.45, 2.75) is 17.7 Å². The van der Waals surface area contributed by atoms with Gasteiger partial charge in [0.25, 0.3) is 0 Å². The molecule has 0 bridgehead atoms. The van der Waals surface area contributed by atoms with Crippen molar-refractivity contribution in [3.8, 4) is 0 Å². The zero-order valence-corrected chi connectivity index (χ0v) is 16.0. The number of ketones is 1. The quantitative estimate of drug-likeness (QED) is 0.708. The monoisotopic (exact) mass is 394 g/mol. The molecule has 26 heavy (non-hydrogen) atoms. The molecular formula is C19H23ClN2O3S. The van der Waals surface area contributed by atoms with E-state index in [0.717, 1.165) is 25.9 Å². The average Bonchev–Trinajstić information content (AvgIpc) is 3.15. The van der Waals surface area contributed by atoms with Gasteiger partial charge in [-0.25, -0.2) is 13.1 Å². The highest BCUT2D eigenvalue weighted by molar-refractivity contribution is 7.89. The largest absolute Gasteiger partial charge is 0.316 e. The summed E-state index contributed by atoms with van der Waals surface area (Å²) >= 11 is 0. The maximum absolute atomic E-state index is 12.7. The van der Waals surface area contributed by atoms with Crippen LogP contribution < -0.4 is 10.0 Å². The third kappa shape index (κ3) is 4.92. The molecule has 1 atom stereocenters. The lowest BCUT2D eigenvalue weighted by Crippen LogP contribution is -2.28. The Balaban J connectivity index is 0.00000243. The van der Waals surface area contributed by atoms with Crippen LogP contribution in [0.1, 0.15) is 28.8 Å². The van der Waals surface area contributed by atoms with Crippen molar-refractivity contribution in [1.82, 2.24) is 10.0 Å². The van der Waals surface area contributed by atoms with Crippen LogP contribution in [0.15, 0.2) is 59.5 Å². The van der Waals surface area contributed by atoms with E-state index in [1.54, 1.807) is 42.5 Å². The van der Waals surface area contributed by atoms with Crippen LogP contribution in [-0.4, -0.2) is 33.8 Å². The lowest BCUT2D eigenvalue weighted by atomic mass is 10.0. The molecule has 140 valence electrons. The molecule has 0 saturated carbocycles. The third-order valence-electron chi connectivity index (χ3n) is 4.46. The summed E-state index contributed by atoms with van der Waals surface area (Å²) in [5.74, 6) is 0.213. The maximum Gasteiger partial charge on any atom is 0.241 e. The Kier molecular flexibility index (Phi) is 7.34.